The van der Waals surface area contributed by atoms with E-state index in [2.05, 4.69) is 20.2 Å². The van der Waals surface area contributed by atoms with Gasteiger partial charge in [-0.05, 0) is 12.1 Å². The van der Waals surface area contributed by atoms with Gasteiger partial charge in [-0.25, -0.2) is 14.4 Å². The van der Waals surface area contributed by atoms with Crippen molar-refractivity contribution in [2.45, 2.75) is 6.10 Å². The van der Waals surface area contributed by atoms with E-state index in [4.69, 9.17) is 0 Å². The average Bonchev–Trinajstić information content (AvgIpc) is 2.43. The van der Waals surface area contributed by atoms with E-state index in [0.29, 0.717) is 0 Å². The van der Waals surface area contributed by atoms with Crippen molar-refractivity contribution in [3.63, 3.8) is 0 Å². The van der Waals surface area contributed by atoms with E-state index in [1.54, 1.807) is 18.2 Å². The SMILES string of the molecule is COC(=O)C(OC(=O)c1ccccc1)C(=O)ON. The smallest absolute Gasteiger partial charge is 0.377 e. The first-order valence-electron chi connectivity index (χ1n) is 4.84. The summed E-state index contributed by atoms with van der Waals surface area (Å²) in [5.41, 5.74) is 0.177. The molecule has 0 aliphatic rings. The van der Waals surface area contributed by atoms with Crippen LogP contribution in [0.15, 0.2) is 30.3 Å². The second kappa shape index (κ2) is 6.36. The zero-order chi connectivity index (χ0) is 13.5. The lowest BCUT2D eigenvalue weighted by Gasteiger charge is -2.12. The van der Waals surface area contributed by atoms with Crippen molar-refractivity contribution >= 4 is 17.9 Å². The van der Waals surface area contributed by atoms with Gasteiger partial charge < -0.3 is 14.3 Å². The van der Waals surface area contributed by atoms with E-state index in [0.717, 1.165) is 7.11 Å². The molecule has 0 fully saturated rings. The highest BCUT2D eigenvalue weighted by atomic mass is 16.7. The second-order valence-electron chi connectivity index (χ2n) is 3.11. The quantitative estimate of drug-likeness (QED) is 0.450. The molecule has 0 spiro atoms. The van der Waals surface area contributed by atoms with Crippen LogP contribution in [0.25, 0.3) is 0 Å². The van der Waals surface area contributed by atoms with Gasteiger partial charge in [0.25, 0.3) is 6.10 Å². The number of esters is 2. The molecule has 0 saturated carbocycles. The summed E-state index contributed by atoms with van der Waals surface area (Å²) in [5, 5.41) is 0. The lowest BCUT2D eigenvalue weighted by atomic mass is 10.2. The van der Waals surface area contributed by atoms with Gasteiger partial charge in [-0.3, -0.25) is 0 Å². The molecule has 0 aromatic heterocycles. The summed E-state index contributed by atoms with van der Waals surface area (Å²) in [6.07, 6.45) is -1.84. The summed E-state index contributed by atoms with van der Waals surface area (Å²) in [6, 6.07) is 7.83. The molecule has 0 radical (unpaired) electrons. The van der Waals surface area contributed by atoms with Crippen molar-refractivity contribution < 1.29 is 28.7 Å². The Labute approximate surface area is 102 Å². The summed E-state index contributed by atoms with van der Waals surface area (Å²) in [7, 11) is 1.04. The molecule has 96 valence electrons. The van der Waals surface area contributed by atoms with Crippen LogP contribution in [-0.2, 0) is 23.9 Å². The number of carbonyl (C=O) groups excluding carboxylic acids is 3. The molecule has 0 amide bonds. The fourth-order valence-corrected chi connectivity index (χ4v) is 1.11. The van der Waals surface area contributed by atoms with Gasteiger partial charge in [0.2, 0.25) is 0 Å². The van der Waals surface area contributed by atoms with Crippen molar-refractivity contribution in [2.75, 3.05) is 7.11 Å². The zero-order valence-corrected chi connectivity index (χ0v) is 9.49. The number of hydrogen-bond donors (Lipinski definition) is 1. The minimum Gasteiger partial charge on any atom is -0.466 e. The van der Waals surface area contributed by atoms with Gasteiger partial charge in [-0.1, -0.05) is 18.2 Å². The summed E-state index contributed by atoms with van der Waals surface area (Å²) in [4.78, 5) is 37.8. The molecule has 18 heavy (non-hydrogen) atoms. The Balaban J connectivity index is 2.81. The van der Waals surface area contributed by atoms with Gasteiger partial charge in [0.1, 0.15) is 0 Å². The maximum atomic E-state index is 11.6. The Morgan fingerprint density at radius 3 is 2.22 bits per heavy atom. The van der Waals surface area contributed by atoms with E-state index >= 15 is 0 Å². The lowest BCUT2D eigenvalue weighted by molar-refractivity contribution is -0.168. The van der Waals surface area contributed by atoms with Gasteiger partial charge in [0, 0.05) is 0 Å². The monoisotopic (exact) mass is 253 g/mol. The van der Waals surface area contributed by atoms with E-state index in [9.17, 15) is 14.4 Å². The number of rotatable bonds is 4. The largest absolute Gasteiger partial charge is 0.466 e. The standard InChI is InChI=1S/C11H11NO6/c1-16-10(14)8(11(15)18-12)17-9(13)7-5-3-2-4-6-7/h2-6,8H,12H2,1H3. The molecule has 0 heterocycles. The highest BCUT2D eigenvalue weighted by Gasteiger charge is 2.33. The summed E-state index contributed by atoms with van der Waals surface area (Å²) >= 11 is 0. The molecule has 0 aliphatic carbocycles. The van der Waals surface area contributed by atoms with Gasteiger partial charge in [-0.15, -0.1) is 0 Å². The Morgan fingerprint density at radius 2 is 1.72 bits per heavy atom. The third kappa shape index (κ3) is 3.29. The van der Waals surface area contributed by atoms with Crippen molar-refractivity contribution in [2.24, 2.45) is 5.90 Å². The Hall–Kier alpha value is -2.41. The first kappa shape index (κ1) is 13.7. The number of benzene rings is 1. The van der Waals surface area contributed by atoms with E-state index in [1.165, 1.54) is 12.1 Å². The molecule has 0 bridgehead atoms. The fraction of sp³-hybridized carbons (Fsp3) is 0.182. The van der Waals surface area contributed by atoms with E-state index < -0.39 is 24.0 Å². The number of nitrogens with two attached hydrogens (primary N) is 1. The van der Waals surface area contributed by atoms with Gasteiger partial charge in [0.05, 0.1) is 12.7 Å². The first-order valence-corrected chi connectivity index (χ1v) is 4.84. The Morgan fingerprint density at radius 1 is 1.11 bits per heavy atom. The molecule has 7 nitrogen and oxygen atoms in total. The minimum atomic E-state index is -1.84. The normalized spacial score (nSPS) is 11.2. The molecule has 0 aliphatic heterocycles. The highest BCUT2D eigenvalue weighted by molar-refractivity contribution is 6.01. The third-order valence-electron chi connectivity index (χ3n) is 1.98. The predicted molar refractivity (Wildman–Crippen MR) is 57.9 cm³/mol. The number of hydrogen-bond acceptors (Lipinski definition) is 7. The maximum absolute atomic E-state index is 11.6. The molecule has 1 rings (SSSR count). The molecule has 1 atom stereocenters. The van der Waals surface area contributed by atoms with Gasteiger partial charge in [0.15, 0.2) is 0 Å². The molecule has 0 saturated heterocycles. The van der Waals surface area contributed by atoms with Crippen LogP contribution in [-0.4, -0.2) is 31.1 Å². The minimum absolute atomic E-state index is 0.177. The molecule has 1 aromatic carbocycles. The third-order valence-corrected chi connectivity index (χ3v) is 1.98. The van der Waals surface area contributed by atoms with Crippen LogP contribution in [0, 0.1) is 0 Å². The highest BCUT2D eigenvalue weighted by Crippen LogP contribution is 2.06. The van der Waals surface area contributed by atoms with Gasteiger partial charge >= 0.3 is 17.9 Å². The molecule has 1 unspecified atom stereocenters. The van der Waals surface area contributed by atoms with Crippen LogP contribution >= 0.6 is 0 Å². The topological polar surface area (TPSA) is 105 Å². The van der Waals surface area contributed by atoms with Crippen LogP contribution in [0.3, 0.4) is 0 Å². The number of methoxy groups -OCH3 is 1. The van der Waals surface area contributed by atoms with Gasteiger partial charge in [-0.2, -0.15) is 5.90 Å². The number of carbonyl (C=O) groups is 3. The molecular weight excluding hydrogens is 242 g/mol. The van der Waals surface area contributed by atoms with Crippen molar-refractivity contribution in [1.82, 2.24) is 0 Å². The molecule has 2 N–H and O–H groups in total. The van der Waals surface area contributed by atoms with Crippen molar-refractivity contribution in [3.8, 4) is 0 Å². The predicted octanol–water partition coefficient (Wildman–Crippen LogP) is -0.198. The fourth-order valence-electron chi connectivity index (χ4n) is 1.11. The Bertz CT molecular complexity index is 428. The second-order valence-corrected chi connectivity index (χ2v) is 3.11. The molecular formula is C11H11NO6. The van der Waals surface area contributed by atoms with Crippen molar-refractivity contribution in [1.29, 1.82) is 0 Å². The number of ether oxygens (including phenoxy) is 2. The molecule has 7 heteroatoms. The maximum Gasteiger partial charge on any atom is 0.377 e. The summed E-state index contributed by atoms with van der Waals surface area (Å²) in [6.45, 7) is 0. The van der Waals surface area contributed by atoms with Crippen LogP contribution in [0.5, 0.6) is 0 Å². The van der Waals surface area contributed by atoms with Crippen LogP contribution in [0.2, 0.25) is 0 Å². The van der Waals surface area contributed by atoms with E-state index in [1.807, 2.05) is 0 Å². The zero-order valence-electron chi connectivity index (χ0n) is 9.49. The summed E-state index contributed by atoms with van der Waals surface area (Å²) in [5.74, 6) is 1.48. The first-order chi connectivity index (χ1) is 8.60. The van der Waals surface area contributed by atoms with Crippen LogP contribution in [0.1, 0.15) is 10.4 Å². The van der Waals surface area contributed by atoms with Crippen LogP contribution in [0.4, 0.5) is 0 Å². The van der Waals surface area contributed by atoms with Crippen molar-refractivity contribution in [3.05, 3.63) is 35.9 Å². The Kier molecular flexibility index (Phi) is 4.82. The summed E-state index contributed by atoms with van der Waals surface area (Å²) < 4.78 is 8.97. The average molecular weight is 253 g/mol. The molecule has 1 aromatic rings. The van der Waals surface area contributed by atoms with E-state index in [-0.39, 0.29) is 5.56 Å². The lowest BCUT2D eigenvalue weighted by Crippen LogP contribution is -2.38. The van der Waals surface area contributed by atoms with Crippen LogP contribution < -0.4 is 5.90 Å².